The number of nitrogens with zero attached hydrogens (tertiary/aromatic N) is 2. The van der Waals surface area contributed by atoms with Crippen LogP contribution in [-0.4, -0.2) is 12.1 Å². The summed E-state index contributed by atoms with van der Waals surface area (Å²) in [4.78, 5) is 4.24. The van der Waals surface area contributed by atoms with Crippen molar-refractivity contribution in [1.29, 1.82) is 0 Å². The molecule has 0 aromatic carbocycles. The molecule has 0 unspecified atom stereocenters. The summed E-state index contributed by atoms with van der Waals surface area (Å²) >= 11 is -0.378. The molecule has 1 heterocycles. The SMILES string of the molecule is COCc1cccc(N=IS)n1. The summed E-state index contributed by atoms with van der Waals surface area (Å²) < 4.78 is 9.10. The van der Waals surface area contributed by atoms with Crippen molar-refractivity contribution >= 4 is 35.3 Å². The molecule has 0 aliphatic carbocycles. The maximum absolute atomic E-state index is 4.95. The summed E-state index contributed by atoms with van der Waals surface area (Å²) in [6.45, 7) is 0.536. The third kappa shape index (κ3) is 3.16. The number of methoxy groups -OCH3 is 1. The summed E-state index contributed by atoms with van der Waals surface area (Å²) in [6, 6.07) is 5.71. The highest BCUT2D eigenvalue weighted by Crippen LogP contribution is 2.17. The largest absolute Gasteiger partial charge is 0.378 e. The van der Waals surface area contributed by atoms with Gasteiger partial charge in [0.2, 0.25) is 0 Å². The third-order valence-electron chi connectivity index (χ3n) is 1.21. The van der Waals surface area contributed by atoms with Crippen molar-refractivity contribution in [1.82, 2.24) is 4.98 Å². The molecule has 12 heavy (non-hydrogen) atoms. The Balaban J connectivity index is 2.80. The number of aromatic nitrogens is 1. The van der Waals surface area contributed by atoms with Crippen molar-refractivity contribution in [2.24, 2.45) is 3.15 Å². The molecule has 0 saturated carbocycles. The summed E-state index contributed by atoms with van der Waals surface area (Å²) in [5, 5.41) is 0. The van der Waals surface area contributed by atoms with E-state index >= 15 is 0 Å². The molecule has 0 bridgehead atoms. The van der Waals surface area contributed by atoms with Crippen LogP contribution in [0.4, 0.5) is 5.82 Å². The molecule has 0 saturated heterocycles. The van der Waals surface area contributed by atoms with Crippen LogP contribution in [0.2, 0.25) is 0 Å². The fraction of sp³-hybridized carbons (Fsp3) is 0.286. The van der Waals surface area contributed by atoms with E-state index in [2.05, 4.69) is 17.9 Å². The quantitative estimate of drug-likeness (QED) is 0.687. The molecule has 0 spiro atoms. The molecule has 0 radical (unpaired) electrons. The van der Waals surface area contributed by atoms with Gasteiger partial charge in [0.25, 0.3) is 0 Å². The normalized spacial score (nSPS) is 11.5. The molecule has 0 aliphatic rings. The monoisotopic (exact) mass is 296 g/mol. The molecule has 0 amide bonds. The second-order valence-electron chi connectivity index (χ2n) is 2.08. The van der Waals surface area contributed by atoms with Gasteiger partial charge in [0.15, 0.2) is 5.82 Å². The molecular weight excluding hydrogens is 287 g/mol. The van der Waals surface area contributed by atoms with Gasteiger partial charge in [-0.05, 0) is 12.1 Å². The number of hydrogen-bond acceptors (Lipinski definition) is 3. The molecule has 1 aromatic rings. The highest BCUT2D eigenvalue weighted by atomic mass is 127. The first-order valence-corrected chi connectivity index (χ1v) is 7.50. The number of thiol groups is 1. The Morgan fingerprint density at radius 3 is 3.17 bits per heavy atom. The molecule has 0 aliphatic heterocycles. The van der Waals surface area contributed by atoms with Gasteiger partial charge in [-0.25, -0.2) is 4.98 Å². The minimum atomic E-state index is -0.378. The Morgan fingerprint density at radius 2 is 2.50 bits per heavy atom. The van der Waals surface area contributed by atoms with Crippen LogP contribution in [0.15, 0.2) is 21.3 Å². The van der Waals surface area contributed by atoms with Crippen molar-refractivity contribution in [2.75, 3.05) is 7.11 Å². The number of ether oxygens (including phenoxy) is 1. The molecule has 1 rings (SSSR count). The Hall–Kier alpha value is -0.0100. The first kappa shape index (κ1) is 10.1. The highest BCUT2D eigenvalue weighted by Gasteiger charge is 1.94. The van der Waals surface area contributed by atoms with Gasteiger partial charge in [0.1, 0.15) is 0 Å². The average molecular weight is 296 g/mol. The van der Waals surface area contributed by atoms with E-state index in [1.165, 1.54) is 0 Å². The van der Waals surface area contributed by atoms with Gasteiger partial charge >= 0.3 is 0 Å². The minimum absolute atomic E-state index is 0.378. The van der Waals surface area contributed by atoms with Gasteiger partial charge in [-0.15, -0.1) is 0 Å². The van der Waals surface area contributed by atoms with Gasteiger partial charge in [-0.1, -0.05) is 15.9 Å². The lowest BCUT2D eigenvalue weighted by Gasteiger charge is -1.98. The molecule has 0 fully saturated rings. The lowest BCUT2D eigenvalue weighted by Crippen LogP contribution is -1.90. The fourth-order valence-corrected chi connectivity index (χ4v) is 1.79. The Morgan fingerprint density at radius 1 is 1.67 bits per heavy atom. The van der Waals surface area contributed by atoms with Gasteiger partial charge in [0, 0.05) is 7.11 Å². The minimum Gasteiger partial charge on any atom is -0.378 e. The first-order chi connectivity index (χ1) is 5.86. The molecule has 0 atom stereocenters. The second kappa shape index (κ2) is 5.60. The van der Waals surface area contributed by atoms with E-state index in [-0.39, 0.29) is 19.6 Å². The van der Waals surface area contributed by atoms with Crippen molar-refractivity contribution in [3.8, 4) is 0 Å². The van der Waals surface area contributed by atoms with Gasteiger partial charge in [-0.3, -0.25) is 0 Å². The highest BCUT2D eigenvalue weighted by molar-refractivity contribution is 14.2. The van der Waals surface area contributed by atoms with E-state index in [9.17, 15) is 0 Å². The maximum Gasteiger partial charge on any atom is 0.158 e. The van der Waals surface area contributed by atoms with Crippen LogP contribution in [0.5, 0.6) is 0 Å². The number of pyridine rings is 1. The summed E-state index contributed by atoms with van der Waals surface area (Å²) in [6.07, 6.45) is 0. The van der Waals surface area contributed by atoms with Crippen molar-refractivity contribution in [3.63, 3.8) is 0 Å². The molecule has 5 heteroatoms. The Labute approximate surface area is 85.6 Å². The smallest absolute Gasteiger partial charge is 0.158 e. The maximum atomic E-state index is 4.95. The van der Waals surface area contributed by atoms with Crippen LogP contribution < -0.4 is 0 Å². The number of rotatable bonds is 3. The molecule has 0 N–H and O–H groups in total. The predicted molar refractivity (Wildman–Crippen MR) is 60.0 cm³/mol. The van der Waals surface area contributed by atoms with Crippen molar-refractivity contribution in [2.45, 2.75) is 6.61 Å². The second-order valence-corrected chi connectivity index (χ2v) is 4.01. The molecular formula is C7H9IN2OS. The summed E-state index contributed by atoms with van der Waals surface area (Å²) in [7, 11) is 5.74. The van der Waals surface area contributed by atoms with E-state index < -0.39 is 0 Å². The summed E-state index contributed by atoms with van der Waals surface area (Å²) in [5.41, 5.74) is 0.907. The summed E-state index contributed by atoms with van der Waals surface area (Å²) in [5.74, 6) is 0.757. The lowest BCUT2D eigenvalue weighted by molar-refractivity contribution is 0.181. The first-order valence-electron chi connectivity index (χ1n) is 3.30. The molecule has 3 nitrogen and oxygen atoms in total. The standard InChI is InChI=1S/C7H9IN2OS/c1-11-5-6-3-2-4-7(9-6)10-8-12/h2-4H,5H2,1H3,(H,9,10,12). The lowest BCUT2D eigenvalue weighted by atomic mass is 10.3. The van der Waals surface area contributed by atoms with E-state index in [4.69, 9.17) is 4.74 Å². The van der Waals surface area contributed by atoms with Crippen LogP contribution in [0.3, 0.4) is 0 Å². The Kier molecular flexibility index (Phi) is 4.70. The van der Waals surface area contributed by atoms with E-state index in [0.29, 0.717) is 6.61 Å². The fourth-order valence-electron chi connectivity index (χ4n) is 0.781. The van der Waals surface area contributed by atoms with Crippen LogP contribution in [-0.2, 0) is 11.3 Å². The molecule has 1 aromatic heterocycles. The van der Waals surface area contributed by atoms with Crippen molar-refractivity contribution in [3.05, 3.63) is 23.9 Å². The zero-order valence-electron chi connectivity index (χ0n) is 6.57. The topological polar surface area (TPSA) is 34.5 Å². The van der Waals surface area contributed by atoms with Crippen LogP contribution in [0.1, 0.15) is 5.69 Å². The zero-order chi connectivity index (χ0) is 8.81. The van der Waals surface area contributed by atoms with Crippen LogP contribution >= 0.6 is 29.4 Å². The van der Waals surface area contributed by atoms with Crippen molar-refractivity contribution < 1.29 is 4.74 Å². The van der Waals surface area contributed by atoms with Gasteiger partial charge in [0.05, 0.1) is 31.9 Å². The average Bonchev–Trinajstić information content (AvgIpc) is 2.06. The molecule has 66 valence electrons. The van der Waals surface area contributed by atoms with E-state index in [1.54, 1.807) is 7.11 Å². The third-order valence-corrected chi connectivity index (χ3v) is 2.43. The predicted octanol–water partition coefficient (Wildman–Crippen LogP) is 2.86. The van der Waals surface area contributed by atoms with Crippen LogP contribution in [0.25, 0.3) is 0 Å². The van der Waals surface area contributed by atoms with Gasteiger partial charge < -0.3 is 4.74 Å². The van der Waals surface area contributed by atoms with Gasteiger partial charge in [-0.2, -0.15) is 3.15 Å². The number of hydrogen-bond donors (Lipinski definition) is 1. The number of halogens is 1. The Bertz CT molecular complexity index is 280. The van der Waals surface area contributed by atoms with Crippen LogP contribution in [0, 0.1) is 0 Å². The van der Waals surface area contributed by atoms with E-state index in [0.717, 1.165) is 11.5 Å². The zero-order valence-corrected chi connectivity index (χ0v) is 9.62. The van der Waals surface area contributed by atoms with E-state index in [1.807, 2.05) is 18.2 Å².